The van der Waals surface area contributed by atoms with Crippen molar-refractivity contribution in [2.45, 2.75) is 46.1 Å². The summed E-state index contributed by atoms with van der Waals surface area (Å²) in [5.41, 5.74) is 6.03. The molecule has 0 saturated carbocycles. The molecule has 0 amide bonds. The number of hydrogen-bond donors (Lipinski definition) is 1. The molecule has 0 spiro atoms. The average molecular weight is 596 g/mol. The Labute approximate surface area is 256 Å². The summed E-state index contributed by atoms with van der Waals surface area (Å²) in [6.45, 7) is 9.57. The van der Waals surface area contributed by atoms with Crippen LogP contribution in [0.4, 0.5) is 16.0 Å². The number of likely N-dealkylation sites (tertiary alicyclic amines) is 1. The van der Waals surface area contributed by atoms with Crippen molar-refractivity contribution in [3.05, 3.63) is 105 Å². The molecule has 2 aromatic heterocycles. The number of nitrogens with zero attached hydrogens (tertiary/aromatic N) is 4. The van der Waals surface area contributed by atoms with Crippen LogP contribution in [-0.4, -0.2) is 39.1 Å². The molecule has 6 nitrogen and oxygen atoms in total. The van der Waals surface area contributed by atoms with Gasteiger partial charge in [-0.25, -0.2) is 9.37 Å². The maximum atomic E-state index is 15.2. The first-order valence-corrected chi connectivity index (χ1v) is 15.3. The van der Waals surface area contributed by atoms with Gasteiger partial charge in [0.25, 0.3) is 5.56 Å². The van der Waals surface area contributed by atoms with Crippen molar-refractivity contribution in [2.24, 2.45) is 0 Å². The van der Waals surface area contributed by atoms with E-state index < -0.39 is 0 Å². The minimum Gasteiger partial charge on any atom is -0.324 e. The maximum absolute atomic E-state index is 15.2. The van der Waals surface area contributed by atoms with E-state index in [0.29, 0.717) is 45.4 Å². The van der Waals surface area contributed by atoms with Crippen LogP contribution in [0.25, 0.3) is 33.3 Å². The SMILES string of the molecule is CCN1CCC(c2ccc(Nc3ncc4cc(-c5ccc(-c6ccccc6C)cc5Cl)c(=O)n(CC)c4n3)cc2F)CC1. The van der Waals surface area contributed by atoms with Crippen molar-refractivity contribution in [3.8, 4) is 22.3 Å². The molecule has 0 aliphatic carbocycles. The Hall–Kier alpha value is -4.07. The van der Waals surface area contributed by atoms with Crippen LogP contribution in [-0.2, 0) is 6.54 Å². The first kappa shape index (κ1) is 29.0. The van der Waals surface area contributed by atoms with Gasteiger partial charge in [-0.3, -0.25) is 9.36 Å². The minimum absolute atomic E-state index is 0.185. The molecule has 0 unspecified atom stereocenters. The molecule has 220 valence electrons. The van der Waals surface area contributed by atoms with Gasteiger partial charge >= 0.3 is 0 Å². The second kappa shape index (κ2) is 12.3. The van der Waals surface area contributed by atoms with Gasteiger partial charge in [-0.15, -0.1) is 0 Å². The average Bonchev–Trinajstić information content (AvgIpc) is 3.01. The largest absolute Gasteiger partial charge is 0.324 e. The van der Waals surface area contributed by atoms with Crippen LogP contribution >= 0.6 is 11.6 Å². The number of aromatic nitrogens is 3. The highest BCUT2D eigenvalue weighted by atomic mass is 35.5. The van der Waals surface area contributed by atoms with Gasteiger partial charge in [0, 0.05) is 40.0 Å². The summed E-state index contributed by atoms with van der Waals surface area (Å²) < 4.78 is 16.8. The zero-order valence-corrected chi connectivity index (χ0v) is 25.5. The summed E-state index contributed by atoms with van der Waals surface area (Å²) in [4.78, 5) is 25.2. The third-order valence-corrected chi connectivity index (χ3v) is 8.90. The molecule has 1 fully saturated rings. The van der Waals surface area contributed by atoms with Gasteiger partial charge < -0.3 is 10.2 Å². The van der Waals surface area contributed by atoms with Crippen LogP contribution in [0, 0.1) is 12.7 Å². The van der Waals surface area contributed by atoms with E-state index in [-0.39, 0.29) is 17.3 Å². The van der Waals surface area contributed by atoms with Crippen molar-refractivity contribution in [2.75, 3.05) is 25.0 Å². The molecule has 3 heterocycles. The molecular formula is C35H35ClFN5O. The fourth-order valence-corrected chi connectivity index (χ4v) is 6.41. The first-order chi connectivity index (χ1) is 20.9. The van der Waals surface area contributed by atoms with Crippen LogP contribution in [0.1, 0.15) is 43.7 Å². The fourth-order valence-electron chi connectivity index (χ4n) is 6.13. The van der Waals surface area contributed by atoms with E-state index in [1.54, 1.807) is 16.8 Å². The third kappa shape index (κ3) is 5.79. The summed E-state index contributed by atoms with van der Waals surface area (Å²) in [6, 6.07) is 21.0. The third-order valence-electron chi connectivity index (χ3n) is 8.59. The van der Waals surface area contributed by atoms with E-state index in [1.165, 1.54) is 6.07 Å². The van der Waals surface area contributed by atoms with Gasteiger partial charge in [-0.2, -0.15) is 4.98 Å². The Morgan fingerprint density at radius 2 is 1.74 bits per heavy atom. The standard InChI is InChI=1S/C35H35ClFN5O/c1-4-41-16-14-23(15-17-41)28-13-11-26(20-32(28)37)39-35-38-21-25-18-30(34(43)42(5-2)33(25)40-35)29-12-10-24(19-31(29)36)27-9-7-6-8-22(27)3/h6-13,18-21,23H,4-5,14-17H2,1-3H3,(H,38,39,40). The van der Waals surface area contributed by atoms with Gasteiger partial charge in [0.05, 0.1) is 0 Å². The lowest BCUT2D eigenvalue weighted by atomic mass is 9.89. The molecule has 1 aliphatic heterocycles. The molecule has 0 radical (unpaired) electrons. The maximum Gasteiger partial charge on any atom is 0.260 e. The Balaban J connectivity index is 1.28. The van der Waals surface area contributed by atoms with Crippen molar-refractivity contribution in [1.82, 2.24) is 19.4 Å². The highest BCUT2D eigenvalue weighted by molar-refractivity contribution is 6.33. The summed E-state index contributed by atoms with van der Waals surface area (Å²) >= 11 is 6.76. The van der Waals surface area contributed by atoms with Crippen LogP contribution in [0.2, 0.25) is 5.02 Å². The number of hydrogen-bond acceptors (Lipinski definition) is 5. The molecule has 8 heteroatoms. The van der Waals surface area contributed by atoms with E-state index in [1.807, 2.05) is 49.4 Å². The zero-order chi connectivity index (χ0) is 30.1. The van der Waals surface area contributed by atoms with Gasteiger partial charge in [-0.05, 0) is 98.8 Å². The molecule has 43 heavy (non-hydrogen) atoms. The van der Waals surface area contributed by atoms with Crippen molar-refractivity contribution in [3.63, 3.8) is 0 Å². The van der Waals surface area contributed by atoms with Crippen molar-refractivity contribution < 1.29 is 4.39 Å². The highest BCUT2D eigenvalue weighted by Gasteiger charge is 2.22. The Morgan fingerprint density at radius 3 is 2.44 bits per heavy atom. The van der Waals surface area contributed by atoms with Gasteiger partial charge in [-0.1, -0.05) is 61.0 Å². The topological polar surface area (TPSA) is 63.1 Å². The van der Waals surface area contributed by atoms with E-state index >= 15 is 4.39 Å². The fraction of sp³-hybridized carbons (Fsp3) is 0.286. The van der Waals surface area contributed by atoms with E-state index in [9.17, 15) is 4.79 Å². The molecule has 0 bridgehead atoms. The molecule has 1 N–H and O–H groups in total. The molecular weight excluding hydrogens is 561 g/mol. The number of rotatable bonds is 7. The van der Waals surface area contributed by atoms with Crippen molar-refractivity contribution >= 4 is 34.3 Å². The van der Waals surface area contributed by atoms with Crippen LogP contribution < -0.4 is 10.9 Å². The van der Waals surface area contributed by atoms with E-state index in [0.717, 1.165) is 54.7 Å². The summed E-state index contributed by atoms with van der Waals surface area (Å²) in [5, 5.41) is 4.34. The Kier molecular flexibility index (Phi) is 8.28. The van der Waals surface area contributed by atoms with Gasteiger partial charge in [0.15, 0.2) is 0 Å². The lowest BCUT2D eigenvalue weighted by molar-refractivity contribution is 0.220. The lowest BCUT2D eigenvalue weighted by Gasteiger charge is -2.31. The van der Waals surface area contributed by atoms with Crippen LogP contribution in [0.3, 0.4) is 0 Å². The predicted octanol–water partition coefficient (Wildman–Crippen LogP) is 8.19. The summed E-state index contributed by atoms with van der Waals surface area (Å²) in [6.07, 6.45) is 3.61. The normalized spacial score (nSPS) is 14.3. The Morgan fingerprint density at radius 1 is 0.953 bits per heavy atom. The van der Waals surface area contributed by atoms with Crippen LogP contribution in [0.15, 0.2) is 77.7 Å². The highest BCUT2D eigenvalue weighted by Crippen LogP contribution is 2.34. The molecule has 1 aliphatic rings. The molecule has 5 aromatic rings. The molecule has 1 saturated heterocycles. The van der Waals surface area contributed by atoms with Crippen LogP contribution in [0.5, 0.6) is 0 Å². The summed E-state index contributed by atoms with van der Waals surface area (Å²) in [5.74, 6) is 0.307. The molecule has 6 rings (SSSR count). The van der Waals surface area contributed by atoms with E-state index in [2.05, 4.69) is 46.2 Å². The minimum atomic E-state index is -0.221. The first-order valence-electron chi connectivity index (χ1n) is 14.9. The van der Waals surface area contributed by atoms with Gasteiger partial charge in [0.1, 0.15) is 11.5 Å². The number of nitrogens with one attached hydrogen (secondary N) is 1. The number of halogens is 2. The quantitative estimate of drug-likeness (QED) is 0.205. The smallest absolute Gasteiger partial charge is 0.260 e. The second-order valence-corrected chi connectivity index (χ2v) is 11.6. The number of aryl methyl sites for hydroxylation is 2. The molecule has 3 aromatic carbocycles. The number of benzene rings is 3. The molecule has 0 atom stereocenters. The van der Waals surface area contributed by atoms with Crippen molar-refractivity contribution in [1.29, 1.82) is 0 Å². The monoisotopic (exact) mass is 595 g/mol. The second-order valence-electron chi connectivity index (χ2n) is 11.2. The number of piperidine rings is 1. The zero-order valence-electron chi connectivity index (χ0n) is 24.7. The van der Waals surface area contributed by atoms with E-state index in [4.69, 9.17) is 11.6 Å². The number of anilines is 2. The van der Waals surface area contributed by atoms with Gasteiger partial charge in [0.2, 0.25) is 5.95 Å². The lowest BCUT2D eigenvalue weighted by Crippen LogP contribution is -2.32. The summed E-state index contributed by atoms with van der Waals surface area (Å²) in [7, 11) is 0. The number of fused-ring (bicyclic) bond motifs is 1. The predicted molar refractivity (Wildman–Crippen MR) is 174 cm³/mol. The Bertz CT molecular complexity index is 1860. The number of pyridine rings is 1.